The summed E-state index contributed by atoms with van der Waals surface area (Å²) in [6.45, 7) is 9.14. The van der Waals surface area contributed by atoms with E-state index in [1.54, 1.807) is 32.9 Å². The van der Waals surface area contributed by atoms with E-state index < -0.39 is 22.3 Å². The fourth-order valence-electron chi connectivity index (χ4n) is 3.45. The van der Waals surface area contributed by atoms with Gasteiger partial charge in [0.05, 0.1) is 10.5 Å². The number of non-ortho nitro benzene ring substituents is 1. The van der Waals surface area contributed by atoms with Crippen molar-refractivity contribution in [3.63, 3.8) is 0 Å². The second kappa shape index (κ2) is 7.78. The van der Waals surface area contributed by atoms with Crippen LogP contribution in [0.25, 0.3) is 0 Å². The highest BCUT2D eigenvalue weighted by molar-refractivity contribution is 6.00. The molecule has 8 nitrogen and oxygen atoms in total. The van der Waals surface area contributed by atoms with Gasteiger partial charge in [-0.3, -0.25) is 25.1 Å². The monoisotopic (exact) mass is 411 g/mol. The summed E-state index contributed by atoms with van der Waals surface area (Å²) < 4.78 is 5.73. The Hall–Kier alpha value is -3.42. The molecule has 158 valence electrons. The topological polar surface area (TPSA) is 102 Å². The number of ether oxygens (including phenoxy) is 1. The summed E-state index contributed by atoms with van der Waals surface area (Å²) in [4.78, 5) is 36.7. The molecule has 0 aliphatic carbocycles. The first kappa shape index (κ1) is 21.3. The van der Waals surface area contributed by atoms with E-state index in [1.807, 2.05) is 13.8 Å². The third-order valence-electron chi connectivity index (χ3n) is 5.01. The number of carbonyl (C=O) groups is 2. The molecule has 0 saturated carbocycles. The van der Waals surface area contributed by atoms with Gasteiger partial charge in [0.25, 0.3) is 17.5 Å². The number of benzene rings is 2. The number of hydrogen-bond acceptors (Lipinski definition) is 5. The highest BCUT2D eigenvalue weighted by Gasteiger charge is 2.31. The van der Waals surface area contributed by atoms with E-state index in [1.165, 1.54) is 29.3 Å². The molecule has 8 heteroatoms. The molecule has 30 heavy (non-hydrogen) atoms. The van der Waals surface area contributed by atoms with E-state index in [2.05, 4.69) is 5.43 Å². The Bertz CT molecular complexity index is 1030. The molecule has 1 N–H and O–H groups in total. The van der Waals surface area contributed by atoms with Gasteiger partial charge < -0.3 is 4.74 Å². The van der Waals surface area contributed by atoms with Crippen LogP contribution in [0.15, 0.2) is 36.4 Å². The number of rotatable bonds is 3. The Kier molecular flexibility index (Phi) is 5.52. The normalized spacial score (nSPS) is 15.2. The molecule has 1 atom stereocenters. The lowest BCUT2D eigenvalue weighted by Crippen LogP contribution is -2.56. The predicted molar refractivity (Wildman–Crippen MR) is 111 cm³/mol. The number of nitro groups is 1. The minimum absolute atomic E-state index is 0.0542. The zero-order valence-electron chi connectivity index (χ0n) is 17.7. The van der Waals surface area contributed by atoms with E-state index >= 15 is 0 Å². The van der Waals surface area contributed by atoms with Crippen molar-refractivity contribution in [1.29, 1.82) is 0 Å². The number of hydrogen-bond donors (Lipinski definition) is 1. The maximum Gasteiger partial charge on any atom is 0.273 e. The van der Waals surface area contributed by atoms with Gasteiger partial charge >= 0.3 is 0 Å². The van der Waals surface area contributed by atoms with Gasteiger partial charge in [-0.15, -0.1) is 0 Å². The van der Waals surface area contributed by atoms with Crippen molar-refractivity contribution in [2.75, 3.05) is 0 Å². The molecule has 3 rings (SSSR count). The van der Waals surface area contributed by atoms with Gasteiger partial charge in [-0.2, -0.15) is 0 Å². The van der Waals surface area contributed by atoms with E-state index in [0.29, 0.717) is 5.56 Å². The Morgan fingerprint density at radius 1 is 1.23 bits per heavy atom. The first-order valence-corrected chi connectivity index (χ1v) is 9.68. The number of nitrogens with zero attached hydrogens (tertiary/aromatic N) is 2. The third-order valence-corrected chi connectivity index (χ3v) is 5.01. The maximum atomic E-state index is 13.1. The van der Waals surface area contributed by atoms with Crippen LogP contribution in [-0.4, -0.2) is 33.4 Å². The summed E-state index contributed by atoms with van der Waals surface area (Å²) in [5, 5.41) is 12.3. The number of hydrazine groups is 1. The van der Waals surface area contributed by atoms with Crippen LogP contribution < -0.4 is 10.2 Å². The molecular formula is C22H25N3O5. The van der Waals surface area contributed by atoms with Crippen molar-refractivity contribution < 1.29 is 19.2 Å². The molecule has 2 aromatic rings. The van der Waals surface area contributed by atoms with Crippen LogP contribution in [0.5, 0.6) is 5.75 Å². The van der Waals surface area contributed by atoms with Crippen LogP contribution in [0.3, 0.4) is 0 Å². The second-order valence-corrected chi connectivity index (χ2v) is 8.41. The lowest BCUT2D eigenvalue weighted by atomic mass is 9.98. The van der Waals surface area contributed by atoms with Crippen molar-refractivity contribution in [2.24, 2.45) is 0 Å². The van der Waals surface area contributed by atoms with Gasteiger partial charge in [-0.25, -0.2) is 5.01 Å². The molecule has 0 spiro atoms. The summed E-state index contributed by atoms with van der Waals surface area (Å²) >= 11 is 0. The van der Waals surface area contributed by atoms with Gasteiger partial charge in [0.15, 0.2) is 0 Å². The van der Waals surface area contributed by atoms with Crippen molar-refractivity contribution in [1.82, 2.24) is 10.4 Å². The quantitative estimate of drug-likeness (QED) is 0.611. The molecular weight excluding hydrogens is 386 g/mol. The minimum Gasteiger partial charge on any atom is -0.490 e. The smallest absolute Gasteiger partial charge is 0.273 e. The van der Waals surface area contributed by atoms with Crippen LogP contribution in [-0.2, 0) is 6.42 Å². The number of fused-ring (bicyclic) bond motifs is 1. The third kappa shape index (κ3) is 4.12. The Balaban J connectivity index is 1.90. The average molecular weight is 411 g/mol. The van der Waals surface area contributed by atoms with E-state index in [0.717, 1.165) is 23.3 Å². The van der Waals surface area contributed by atoms with Crippen LogP contribution >= 0.6 is 0 Å². The first-order valence-electron chi connectivity index (χ1n) is 9.68. The number of nitro benzene ring substituents is 1. The molecule has 0 aromatic heterocycles. The molecule has 0 radical (unpaired) electrons. The second-order valence-electron chi connectivity index (χ2n) is 8.41. The molecule has 2 amide bonds. The largest absolute Gasteiger partial charge is 0.490 e. The van der Waals surface area contributed by atoms with Crippen molar-refractivity contribution in [3.8, 4) is 5.75 Å². The SMILES string of the molecule is Cc1c(C(=O)NN(C(=O)c2cccc([N+](=O)[O-])c2)C(C)(C)C)ccc2c1CC(C)O2. The average Bonchev–Trinajstić information content (AvgIpc) is 3.06. The Morgan fingerprint density at radius 3 is 2.57 bits per heavy atom. The fourth-order valence-corrected chi connectivity index (χ4v) is 3.45. The van der Waals surface area contributed by atoms with Gasteiger partial charge in [-0.1, -0.05) is 6.07 Å². The summed E-state index contributed by atoms with van der Waals surface area (Å²) in [6.07, 6.45) is 0.774. The van der Waals surface area contributed by atoms with Gasteiger partial charge in [0.1, 0.15) is 11.9 Å². The molecule has 0 bridgehead atoms. The molecule has 1 aliphatic heterocycles. The number of carbonyl (C=O) groups excluding carboxylic acids is 2. The Morgan fingerprint density at radius 2 is 1.93 bits per heavy atom. The minimum atomic E-state index is -0.764. The Labute approximate surface area is 175 Å². The molecule has 0 fully saturated rings. The molecule has 1 heterocycles. The zero-order chi connectivity index (χ0) is 22.2. The van der Waals surface area contributed by atoms with E-state index in [4.69, 9.17) is 4.74 Å². The first-order chi connectivity index (χ1) is 14.0. The zero-order valence-corrected chi connectivity index (χ0v) is 17.7. The van der Waals surface area contributed by atoms with Crippen LogP contribution in [0.1, 0.15) is 59.5 Å². The van der Waals surface area contributed by atoms with Crippen LogP contribution in [0, 0.1) is 17.0 Å². The predicted octanol–water partition coefficient (Wildman–Crippen LogP) is 3.81. The van der Waals surface area contributed by atoms with Crippen LogP contribution in [0.4, 0.5) is 5.69 Å². The maximum absolute atomic E-state index is 13.1. The standard InChI is InChI=1S/C22H25N3O5/c1-13-11-18-14(2)17(9-10-19(18)30-13)20(26)23-24(22(3,4)5)21(27)15-7-6-8-16(12-15)25(28)29/h6-10,12-13H,11H2,1-5H3,(H,23,26). The molecule has 1 aliphatic rings. The molecule has 1 unspecified atom stereocenters. The van der Waals surface area contributed by atoms with Crippen LogP contribution in [0.2, 0.25) is 0 Å². The summed E-state index contributed by atoms with van der Waals surface area (Å²) in [6, 6.07) is 8.89. The lowest BCUT2D eigenvalue weighted by molar-refractivity contribution is -0.384. The summed E-state index contributed by atoms with van der Waals surface area (Å²) in [7, 11) is 0. The number of nitrogens with one attached hydrogen (secondary N) is 1. The fraction of sp³-hybridized carbons (Fsp3) is 0.364. The van der Waals surface area contributed by atoms with E-state index in [9.17, 15) is 19.7 Å². The molecule has 2 aromatic carbocycles. The highest BCUT2D eigenvalue weighted by Crippen LogP contribution is 2.33. The van der Waals surface area contributed by atoms with Crippen molar-refractivity contribution in [3.05, 3.63) is 68.8 Å². The van der Waals surface area contributed by atoms with Crippen molar-refractivity contribution in [2.45, 2.75) is 52.7 Å². The highest BCUT2D eigenvalue weighted by atomic mass is 16.6. The lowest BCUT2D eigenvalue weighted by Gasteiger charge is -2.35. The number of amides is 2. The molecule has 0 saturated heterocycles. The van der Waals surface area contributed by atoms with Gasteiger partial charge in [-0.05, 0) is 58.4 Å². The summed E-state index contributed by atoms with van der Waals surface area (Å²) in [5.74, 6) is -0.184. The van der Waals surface area contributed by atoms with Gasteiger partial charge in [0, 0.05) is 35.2 Å². The van der Waals surface area contributed by atoms with E-state index in [-0.39, 0.29) is 17.4 Å². The summed E-state index contributed by atoms with van der Waals surface area (Å²) in [5.41, 5.74) is 4.11. The van der Waals surface area contributed by atoms with Crippen molar-refractivity contribution >= 4 is 17.5 Å². The van der Waals surface area contributed by atoms with Gasteiger partial charge in [0.2, 0.25) is 0 Å².